The second-order valence-corrected chi connectivity index (χ2v) is 10.3. The minimum atomic E-state index is -3.54. The first-order valence-electron chi connectivity index (χ1n) is 10.4. The molecule has 7 nitrogen and oxygen atoms in total. The molecule has 1 saturated heterocycles. The monoisotopic (exact) mass is 461 g/mol. The summed E-state index contributed by atoms with van der Waals surface area (Å²) >= 11 is 1.61. The molecule has 166 valence electrons. The number of sulfonamides is 1. The van der Waals surface area contributed by atoms with E-state index in [-0.39, 0.29) is 4.90 Å². The summed E-state index contributed by atoms with van der Waals surface area (Å²) in [5.41, 5.74) is 2.83. The maximum absolute atomic E-state index is 13.0. The van der Waals surface area contributed by atoms with E-state index < -0.39 is 10.0 Å². The number of imidazole rings is 1. The number of aromatic nitrogens is 2. The first kappa shape index (κ1) is 22.1. The highest BCUT2D eigenvalue weighted by atomic mass is 32.2. The average molecular weight is 462 g/mol. The fourth-order valence-electron chi connectivity index (χ4n) is 3.53. The molecule has 0 spiro atoms. The number of rotatable bonds is 8. The molecule has 0 saturated carbocycles. The van der Waals surface area contributed by atoms with Crippen molar-refractivity contribution >= 4 is 32.8 Å². The molecule has 0 amide bonds. The number of morpholine rings is 1. The highest BCUT2D eigenvalue weighted by Crippen LogP contribution is 2.27. The van der Waals surface area contributed by atoms with Gasteiger partial charge in [-0.15, -0.1) is 0 Å². The third kappa shape index (κ3) is 4.90. The van der Waals surface area contributed by atoms with E-state index in [0.717, 1.165) is 28.7 Å². The van der Waals surface area contributed by atoms with Crippen molar-refractivity contribution in [1.82, 2.24) is 13.9 Å². The maximum atomic E-state index is 13.0. The SMILES string of the molecule is CCn1c(SCCOc2ccc(C)cc2)nc2cc(S(=O)(=O)N3CCOCC3)ccc21. The maximum Gasteiger partial charge on any atom is 0.243 e. The van der Waals surface area contributed by atoms with Crippen LogP contribution in [0.4, 0.5) is 0 Å². The molecule has 0 unspecified atom stereocenters. The van der Waals surface area contributed by atoms with Crippen molar-refractivity contribution in [3.63, 3.8) is 0 Å². The fraction of sp³-hybridized carbons (Fsp3) is 0.409. The van der Waals surface area contributed by atoms with Crippen molar-refractivity contribution in [2.24, 2.45) is 0 Å². The summed E-state index contributed by atoms with van der Waals surface area (Å²) in [6.07, 6.45) is 0. The second-order valence-electron chi connectivity index (χ2n) is 7.32. The van der Waals surface area contributed by atoms with Gasteiger partial charge in [0.05, 0.1) is 35.7 Å². The fourth-order valence-corrected chi connectivity index (χ4v) is 5.85. The van der Waals surface area contributed by atoms with Gasteiger partial charge in [0.1, 0.15) is 5.75 Å². The molecule has 0 radical (unpaired) electrons. The van der Waals surface area contributed by atoms with Crippen LogP contribution < -0.4 is 4.74 Å². The molecule has 0 bridgehead atoms. The van der Waals surface area contributed by atoms with Crippen LogP contribution >= 0.6 is 11.8 Å². The molecule has 2 heterocycles. The zero-order valence-electron chi connectivity index (χ0n) is 17.8. The van der Waals surface area contributed by atoms with Crippen LogP contribution in [0.15, 0.2) is 52.5 Å². The normalized spacial score (nSPS) is 15.4. The molecule has 1 aliphatic heterocycles. The number of ether oxygens (including phenoxy) is 2. The van der Waals surface area contributed by atoms with Gasteiger partial charge < -0.3 is 14.0 Å². The Balaban J connectivity index is 1.48. The van der Waals surface area contributed by atoms with E-state index in [0.29, 0.717) is 38.4 Å². The molecule has 0 atom stereocenters. The number of aryl methyl sites for hydroxylation is 2. The Labute approximate surface area is 187 Å². The Morgan fingerprint density at radius 2 is 1.87 bits per heavy atom. The predicted octanol–water partition coefficient (Wildman–Crippen LogP) is 3.56. The quantitative estimate of drug-likeness (QED) is 0.377. The summed E-state index contributed by atoms with van der Waals surface area (Å²) in [5.74, 6) is 1.60. The van der Waals surface area contributed by atoms with Crippen LogP contribution in [0.3, 0.4) is 0 Å². The standard InChI is InChI=1S/C22H27N3O4S2/c1-3-25-21-9-8-19(31(26,27)24-10-12-28-13-11-24)16-20(21)23-22(25)30-15-14-29-18-6-4-17(2)5-7-18/h4-9,16H,3,10-15H2,1-2H3. The largest absolute Gasteiger partial charge is 0.493 e. The van der Waals surface area contributed by atoms with Gasteiger partial charge in [-0.1, -0.05) is 29.5 Å². The van der Waals surface area contributed by atoms with Crippen LogP contribution in [0.5, 0.6) is 5.75 Å². The van der Waals surface area contributed by atoms with E-state index in [2.05, 4.69) is 11.5 Å². The molecule has 1 fully saturated rings. The highest BCUT2D eigenvalue weighted by Gasteiger charge is 2.27. The minimum Gasteiger partial charge on any atom is -0.493 e. The number of hydrogen-bond acceptors (Lipinski definition) is 6. The van der Waals surface area contributed by atoms with E-state index in [9.17, 15) is 8.42 Å². The van der Waals surface area contributed by atoms with Gasteiger partial charge in [0.25, 0.3) is 0 Å². The third-order valence-electron chi connectivity index (χ3n) is 5.21. The lowest BCUT2D eigenvalue weighted by Crippen LogP contribution is -2.40. The van der Waals surface area contributed by atoms with Crippen LogP contribution in [-0.2, 0) is 21.3 Å². The third-order valence-corrected chi connectivity index (χ3v) is 8.05. The molecular weight excluding hydrogens is 434 g/mol. The first-order chi connectivity index (χ1) is 15.0. The van der Waals surface area contributed by atoms with Crippen LogP contribution in [0.1, 0.15) is 12.5 Å². The lowest BCUT2D eigenvalue weighted by atomic mass is 10.2. The Kier molecular flexibility index (Phi) is 6.86. The zero-order chi connectivity index (χ0) is 21.8. The van der Waals surface area contributed by atoms with E-state index in [4.69, 9.17) is 14.5 Å². The summed E-state index contributed by atoms with van der Waals surface area (Å²) in [7, 11) is -3.54. The lowest BCUT2D eigenvalue weighted by Gasteiger charge is -2.26. The molecule has 1 aromatic heterocycles. The molecule has 1 aliphatic rings. The summed E-state index contributed by atoms with van der Waals surface area (Å²) in [6.45, 7) is 7.05. The highest BCUT2D eigenvalue weighted by molar-refractivity contribution is 7.99. The molecule has 31 heavy (non-hydrogen) atoms. The van der Waals surface area contributed by atoms with Gasteiger partial charge in [0.2, 0.25) is 10.0 Å². The molecular formula is C22H27N3O4S2. The summed E-state index contributed by atoms with van der Waals surface area (Å²) < 4.78 is 40.6. The van der Waals surface area contributed by atoms with Gasteiger partial charge in [0, 0.05) is 25.4 Å². The summed E-state index contributed by atoms with van der Waals surface area (Å²) in [4.78, 5) is 5.00. The smallest absolute Gasteiger partial charge is 0.243 e. The molecule has 4 rings (SSSR count). The van der Waals surface area contributed by atoms with Gasteiger partial charge in [-0.2, -0.15) is 4.31 Å². The lowest BCUT2D eigenvalue weighted by molar-refractivity contribution is 0.0730. The molecule has 9 heteroatoms. The van der Waals surface area contributed by atoms with Gasteiger partial charge in [0.15, 0.2) is 5.16 Å². The number of nitrogens with zero attached hydrogens (tertiary/aromatic N) is 3. The van der Waals surface area contributed by atoms with E-state index in [1.54, 1.807) is 23.9 Å². The Bertz CT molecular complexity index is 1140. The Hall–Kier alpha value is -2.07. The van der Waals surface area contributed by atoms with Crippen molar-refractivity contribution in [3.05, 3.63) is 48.0 Å². The number of thioether (sulfide) groups is 1. The zero-order valence-corrected chi connectivity index (χ0v) is 19.4. The van der Waals surface area contributed by atoms with Gasteiger partial charge in [-0.25, -0.2) is 13.4 Å². The van der Waals surface area contributed by atoms with Crippen LogP contribution in [0, 0.1) is 6.92 Å². The van der Waals surface area contributed by atoms with Crippen molar-refractivity contribution in [2.75, 3.05) is 38.7 Å². The molecule has 0 N–H and O–H groups in total. The van der Waals surface area contributed by atoms with Crippen molar-refractivity contribution in [3.8, 4) is 5.75 Å². The van der Waals surface area contributed by atoms with E-state index in [1.807, 2.05) is 37.3 Å². The van der Waals surface area contributed by atoms with Crippen LogP contribution in [0.25, 0.3) is 11.0 Å². The Morgan fingerprint density at radius 1 is 1.13 bits per heavy atom. The minimum absolute atomic E-state index is 0.280. The summed E-state index contributed by atoms with van der Waals surface area (Å²) in [5, 5.41) is 0.867. The van der Waals surface area contributed by atoms with Crippen molar-refractivity contribution < 1.29 is 17.9 Å². The van der Waals surface area contributed by atoms with Gasteiger partial charge in [-0.3, -0.25) is 0 Å². The molecule has 0 aliphatic carbocycles. The number of hydrogen-bond donors (Lipinski definition) is 0. The van der Waals surface area contributed by atoms with Crippen LogP contribution in [0.2, 0.25) is 0 Å². The van der Waals surface area contributed by atoms with E-state index in [1.165, 1.54) is 9.87 Å². The van der Waals surface area contributed by atoms with Crippen LogP contribution in [-0.4, -0.2) is 60.9 Å². The van der Waals surface area contributed by atoms with E-state index >= 15 is 0 Å². The van der Waals surface area contributed by atoms with Crippen molar-refractivity contribution in [2.45, 2.75) is 30.4 Å². The van der Waals surface area contributed by atoms with Crippen molar-refractivity contribution in [1.29, 1.82) is 0 Å². The predicted molar refractivity (Wildman–Crippen MR) is 122 cm³/mol. The Morgan fingerprint density at radius 3 is 2.58 bits per heavy atom. The average Bonchev–Trinajstić information content (AvgIpc) is 3.15. The first-order valence-corrected chi connectivity index (χ1v) is 12.8. The number of benzene rings is 2. The summed E-state index contributed by atoms with van der Waals surface area (Å²) in [6, 6.07) is 13.2. The second kappa shape index (κ2) is 9.60. The topological polar surface area (TPSA) is 73.7 Å². The number of fused-ring (bicyclic) bond motifs is 1. The van der Waals surface area contributed by atoms with Gasteiger partial charge >= 0.3 is 0 Å². The molecule has 2 aromatic carbocycles. The molecule has 3 aromatic rings. The van der Waals surface area contributed by atoms with Gasteiger partial charge in [-0.05, 0) is 44.2 Å².